The molecule has 2 aromatic carbocycles. The summed E-state index contributed by atoms with van der Waals surface area (Å²) in [6.07, 6.45) is 6.71. The number of benzene rings is 2. The lowest BCUT2D eigenvalue weighted by atomic mass is 9.67. The van der Waals surface area contributed by atoms with E-state index in [9.17, 15) is 4.79 Å². The third kappa shape index (κ3) is 4.43. The zero-order valence-electron chi connectivity index (χ0n) is 18.4. The molecule has 164 valence electrons. The molecule has 31 heavy (non-hydrogen) atoms. The van der Waals surface area contributed by atoms with Crippen LogP contribution in [0.25, 0.3) is 0 Å². The van der Waals surface area contributed by atoms with Gasteiger partial charge in [0.15, 0.2) is 0 Å². The molecule has 2 fully saturated rings. The van der Waals surface area contributed by atoms with Crippen molar-refractivity contribution >= 4 is 29.1 Å². The predicted octanol–water partition coefficient (Wildman–Crippen LogP) is 7.82. The normalized spacial score (nSPS) is 27.2. The molecule has 1 saturated carbocycles. The maximum absolute atomic E-state index is 14.1. The Bertz CT molecular complexity index is 952. The van der Waals surface area contributed by atoms with Crippen LogP contribution in [0.4, 0.5) is 0 Å². The monoisotopic (exact) mass is 455 g/mol. The highest BCUT2D eigenvalue weighted by atomic mass is 35.5. The van der Waals surface area contributed by atoms with Crippen LogP contribution in [0.2, 0.25) is 10.0 Å². The van der Waals surface area contributed by atoms with Crippen LogP contribution in [0.15, 0.2) is 61.2 Å². The Morgan fingerprint density at radius 1 is 1.13 bits per heavy atom. The quantitative estimate of drug-likeness (QED) is 0.389. The van der Waals surface area contributed by atoms with Gasteiger partial charge in [-0.15, -0.1) is 6.58 Å². The summed E-state index contributed by atoms with van der Waals surface area (Å²) >= 11 is 12.6. The number of halogens is 2. The van der Waals surface area contributed by atoms with Gasteiger partial charge in [-0.1, -0.05) is 67.4 Å². The van der Waals surface area contributed by atoms with Gasteiger partial charge in [0.2, 0.25) is 5.91 Å². The molecule has 2 nitrogen and oxygen atoms in total. The van der Waals surface area contributed by atoms with Gasteiger partial charge in [-0.25, -0.2) is 0 Å². The average molecular weight is 456 g/mol. The number of carbonyl (C=O) groups excluding carboxylic acids is 1. The number of allylic oxidation sites excluding steroid dienone is 1. The fourth-order valence-electron chi connectivity index (χ4n) is 5.49. The first-order chi connectivity index (χ1) is 14.9. The minimum Gasteiger partial charge on any atom is -0.331 e. The lowest BCUT2D eigenvalue weighted by molar-refractivity contribution is -0.155. The first-order valence-corrected chi connectivity index (χ1v) is 12.1. The molecular formula is C27H31Cl2NO. The van der Waals surface area contributed by atoms with Crippen molar-refractivity contribution in [2.45, 2.75) is 64.0 Å². The predicted molar refractivity (Wildman–Crippen MR) is 130 cm³/mol. The van der Waals surface area contributed by atoms with E-state index in [1.807, 2.05) is 30.3 Å². The highest BCUT2D eigenvalue weighted by Crippen LogP contribution is 2.54. The molecule has 4 heteroatoms. The van der Waals surface area contributed by atoms with E-state index in [2.05, 4.69) is 49.6 Å². The number of hydrogen-bond donors (Lipinski definition) is 0. The Kier molecular flexibility index (Phi) is 6.51. The molecule has 1 aliphatic heterocycles. The van der Waals surface area contributed by atoms with Crippen LogP contribution in [-0.4, -0.2) is 16.8 Å². The van der Waals surface area contributed by atoms with Crippen LogP contribution in [-0.2, 0) is 4.79 Å². The fraction of sp³-hybridized carbons (Fsp3) is 0.444. The molecule has 2 aromatic rings. The molecule has 0 N–H and O–H groups in total. The molecule has 1 heterocycles. The van der Waals surface area contributed by atoms with Crippen LogP contribution in [0, 0.1) is 11.3 Å². The second-order valence-electron chi connectivity index (χ2n) is 9.44. The zero-order chi connectivity index (χ0) is 22.2. The molecule has 1 amide bonds. The third-order valence-electron chi connectivity index (χ3n) is 7.13. The van der Waals surface area contributed by atoms with E-state index in [1.165, 1.54) is 18.4 Å². The molecule has 0 spiro atoms. The van der Waals surface area contributed by atoms with Gasteiger partial charge in [-0.3, -0.25) is 4.79 Å². The van der Waals surface area contributed by atoms with E-state index in [0.29, 0.717) is 17.4 Å². The summed E-state index contributed by atoms with van der Waals surface area (Å²) < 4.78 is 0. The van der Waals surface area contributed by atoms with Crippen molar-refractivity contribution in [3.05, 3.63) is 82.4 Å². The number of piperidine rings is 1. The minimum atomic E-state index is -0.472. The van der Waals surface area contributed by atoms with Crippen molar-refractivity contribution in [2.75, 3.05) is 0 Å². The summed E-state index contributed by atoms with van der Waals surface area (Å²) in [5.74, 6) is 0.995. The Morgan fingerprint density at radius 3 is 2.42 bits per heavy atom. The van der Waals surface area contributed by atoms with E-state index in [-0.39, 0.29) is 23.9 Å². The summed E-state index contributed by atoms with van der Waals surface area (Å²) in [6, 6.07) is 16.4. The van der Waals surface area contributed by atoms with Crippen LogP contribution >= 0.6 is 23.2 Å². The molecule has 1 unspecified atom stereocenters. The van der Waals surface area contributed by atoms with E-state index in [4.69, 9.17) is 23.2 Å². The van der Waals surface area contributed by atoms with Gasteiger partial charge < -0.3 is 4.90 Å². The number of nitrogens with zero attached hydrogens (tertiary/aromatic N) is 1. The van der Waals surface area contributed by atoms with E-state index in [1.54, 1.807) is 0 Å². The smallest absolute Gasteiger partial charge is 0.229 e. The fourth-order valence-corrected chi connectivity index (χ4v) is 5.82. The van der Waals surface area contributed by atoms with Crippen molar-refractivity contribution in [1.29, 1.82) is 0 Å². The molecule has 4 rings (SSSR count). The highest BCUT2D eigenvalue weighted by Gasteiger charge is 2.52. The van der Waals surface area contributed by atoms with Crippen LogP contribution < -0.4 is 0 Å². The Hall–Kier alpha value is -1.77. The number of amides is 1. The topological polar surface area (TPSA) is 20.3 Å². The van der Waals surface area contributed by atoms with Crippen molar-refractivity contribution in [3.8, 4) is 0 Å². The third-order valence-corrected chi connectivity index (χ3v) is 7.61. The van der Waals surface area contributed by atoms with E-state index < -0.39 is 5.41 Å². The lowest BCUT2D eigenvalue weighted by Crippen LogP contribution is -2.56. The van der Waals surface area contributed by atoms with Crippen LogP contribution in [0.5, 0.6) is 0 Å². The van der Waals surface area contributed by atoms with E-state index >= 15 is 0 Å². The highest BCUT2D eigenvalue weighted by molar-refractivity contribution is 6.30. The lowest BCUT2D eigenvalue weighted by Gasteiger charge is -2.52. The van der Waals surface area contributed by atoms with Crippen molar-refractivity contribution in [2.24, 2.45) is 11.3 Å². The second-order valence-corrected chi connectivity index (χ2v) is 10.3. The number of hydrogen-bond acceptors (Lipinski definition) is 1. The largest absolute Gasteiger partial charge is 0.331 e. The first kappa shape index (κ1) is 22.4. The first-order valence-electron chi connectivity index (χ1n) is 11.3. The SMILES string of the molecule is C=CC[C@@]1(C)C[C@H](c2cccc(Cl)c2)[C@@H](c2ccc(Cl)cc2)N(C(CC)C2CC2)C1=O. The maximum atomic E-state index is 14.1. The number of likely N-dealkylation sites (tertiary alicyclic amines) is 1. The number of rotatable bonds is 7. The van der Waals surface area contributed by atoms with E-state index in [0.717, 1.165) is 23.4 Å². The van der Waals surface area contributed by atoms with Crippen molar-refractivity contribution in [3.63, 3.8) is 0 Å². The van der Waals surface area contributed by atoms with Gasteiger partial charge in [0.25, 0.3) is 0 Å². The second kappa shape index (κ2) is 9.00. The minimum absolute atomic E-state index is 0.0355. The zero-order valence-corrected chi connectivity index (χ0v) is 19.9. The summed E-state index contributed by atoms with van der Waals surface area (Å²) in [6.45, 7) is 8.29. The Morgan fingerprint density at radius 2 is 1.84 bits per heavy atom. The molecule has 0 radical (unpaired) electrons. The summed E-state index contributed by atoms with van der Waals surface area (Å²) in [5, 5.41) is 1.44. The Balaban J connectivity index is 1.89. The van der Waals surface area contributed by atoms with Gasteiger partial charge in [0.1, 0.15) is 0 Å². The average Bonchev–Trinajstić information content (AvgIpc) is 3.58. The van der Waals surface area contributed by atoms with Gasteiger partial charge >= 0.3 is 0 Å². The van der Waals surface area contributed by atoms with Crippen LogP contribution in [0.3, 0.4) is 0 Å². The molecule has 0 aromatic heterocycles. The molecule has 1 aliphatic carbocycles. The molecule has 2 aliphatic rings. The van der Waals surface area contributed by atoms with Gasteiger partial charge in [-0.2, -0.15) is 0 Å². The molecular weight excluding hydrogens is 425 g/mol. The number of carbonyl (C=O) groups is 1. The van der Waals surface area contributed by atoms with Crippen molar-refractivity contribution in [1.82, 2.24) is 4.90 Å². The molecule has 0 bridgehead atoms. The summed E-state index contributed by atoms with van der Waals surface area (Å²) in [7, 11) is 0. The molecule has 4 atom stereocenters. The molecule has 1 saturated heterocycles. The maximum Gasteiger partial charge on any atom is 0.229 e. The Labute approximate surface area is 196 Å². The van der Waals surface area contributed by atoms with Gasteiger partial charge in [0, 0.05) is 22.0 Å². The summed E-state index contributed by atoms with van der Waals surface area (Å²) in [5.41, 5.74) is 1.85. The summed E-state index contributed by atoms with van der Waals surface area (Å²) in [4.78, 5) is 16.3. The van der Waals surface area contributed by atoms with Crippen LogP contribution in [0.1, 0.15) is 69.0 Å². The standard InChI is InChI=1S/C27H31Cl2NO/c1-4-15-27(3)17-23(20-7-6-8-22(29)16-20)25(19-11-13-21(28)14-12-19)30(26(27)31)24(5-2)18-9-10-18/h4,6-8,11-14,16,18,23-25H,1,5,9-10,15,17H2,2-3H3/t23-,24?,25-,27+/m1/s1. The van der Waals surface area contributed by atoms with Gasteiger partial charge in [-0.05, 0) is 73.4 Å². The van der Waals surface area contributed by atoms with Crippen molar-refractivity contribution < 1.29 is 4.79 Å². The van der Waals surface area contributed by atoms with Gasteiger partial charge in [0.05, 0.1) is 11.5 Å².